The summed E-state index contributed by atoms with van der Waals surface area (Å²) >= 11 is 0. The molecule has 2 aliphatic rings. The molecule has 5 nitrogen and oxygen atoms in total. The Labute approximate surface area is 149 Å². The van der Waals surface area contributed by atoms with Crippen LogP contribution in [0.1, 0.15) is 62.0 Å². The van der Waals surface area contributed by atoms with Crippen molar-refractivity contribution in [2.24, 2.45) is 17.4 Å². The second kappa shape index (κ2) is 7.56. The van der Waals surface area contributed by atoms with Crippen molar-refractivity contribution in [3.63, 3.8) is 0 Å². The Hall–Kier alpha value is -1.88. The second-order valence-electron chi connectivity index (χ2n) is 7.73. The molecule has 1 aromatic rings. The van der Waals surface area contributed by atoms with Crippen molar-refractivity contribution in [2.75, 3.05) is 11.4 Å². The molecule has 136 valence electrons. The van der Waals surface area contributed by atoms with Crippen LogP contribution in [-0.2, 0) is 9.59 Å². The molecule has 2 amide bonds. The number of benzene rings is 1. The Kier molecular flexibility index (Phi) is 5.42. The molecular weight excluding hydrogens is 314 g/mol. The van der Waals surface area contributed by atoms with Crippen LogP contribution in [0.2, 0.25) is 0 Å². The minimum atomic E-state index is -0.583. The molecule has 0 spiro atoms. The van der Waals surface area contributed by atoms with Gasteiger partial charge in [0.2, 0.25) is 11.8 Å². The molecule has 0 bridgehead atoms. The summed E-state index contributed by atoms with van der Waals surface area (Å²) in [5.41, 5.74) is 14.6. The molecule has 2 atom stereocenters. The molecule has 5 heteroatoms. The highest BCUT2D eigenvalue weighted by molar-refractivity contribution is 6.02. The fourth-order valence-corrected chi connectivity index (χ4v) is 4.45. The number of anilines is 1. The summed E-state index contributed by atoms with van der Waals surface area (Å²) in [5.74, 6) is 0.254. The molecule has 1 fully saturated rings. The zero-order chi connectivity index (χ0) is 18.0. The first kappa shape index (κ1) is 17.9. The summed E-state index contributed by atoms with van der Waals surface area (Å²) in [6.07, 6.45) is 8.19. The number of rotatable bonds is 4. The van der Waals surface area contributed by atoms with Crippen molar-refractivity contribution < 1.29 is 9.59 Å². The number of primary amides is 1. The number of hydrogen-bond acceptors (Lipinski definition) is 3. The summed E-state index contributed by atoms with van der Waals surface area (Å²) in [6.45, 7) is 1.88. The Morgan fingerprint density at radius 2 is 1.96 bits per heavy atom. The van der Waals surface area contributed by atoms with E-state index in [9.17, 15) is 9.59 Å². The average Bonchev–Trinajstić information content (AvgIpc) is 2.66. The zero-order valence-electron chi connectivity index (χ0n) is 15.0. The van der Waals surface area contributed by atoms with Gasteiger partial charge in [-0.05, 0) is 48.8 Å². The molecule has 1 saturated carbocycles. The van der Waals surface area contributed by atoms with Gasteiger partial charge in [-0.1, -0.05) is 44.2 Å². The van der Waals surface area contributed by atoms with Crippen LogP contribution in [0.5, 0.6) is 0 Å². The highest BCUT2D eigenvalue weighted by Crippen LogP contribution is 2.41. The second-order valence-corrected chi connectivity index (χ2v) is 7.73. The number of amides is 2. The molecule has 1 aliphatic heterocycles. The Balaban J connectivity index is 1.96. The molecule has 0 radical (unpaired) electrons. The molecule has 1 heterocycles. The Morgan fingerprint density at radius 3 is 2.64 bits per heavy atom. The van der Waals surface area contributed by atoms with Gasteiger partial charge in [0, 0.05) is 5.69 Å². The van der Waals surface area contributed by atoms with Gasteiger partial charge in [0.15, 0.2) is 0 Å². The van der Waals surface area contributed by atoms with Gasteiger partial charge in [-0.3, -0.25) is 9.59 Å². The van der Waals surface area contributed by atoms with E-state index in [2.05, 4.69) is 12.1 Å². The van der Waals surface area contributed by atoms with Crippen LogP contribution in [0, 0.1) is 12.8 Å². The standard InChI is InChI=1S/C20H29N3O2/c1-13-7-8-16-15(10-14-5-3-2-4-6-14)11-17(21)20(25)23(12-19(22)24)18(16)9-13/h7-9,14-15,17H,2-6,10-12,21H2,1H3,(H2,22,24). The van der Waals surface area contributed by atoms with Crippen LogP contribution in [0.15, 0.2) is 18.2 Å². The largest absolute Gasteiger partial charge is 0.368 e. The predicted octanol–water partition coefficient (Wildman–Crippen LogP) is 2.60. The van der Waals surface area contributed by atoms with Gasteiger partial charge >= 0.3 is 0 Å². The molecule has 2 unspecified atom stereocenters. The molecule has 1 aromatic carbocycles. The zero-order valence-corrected chi connectivity index (χ0v) is 15.0. The summed E-state index contributed by atoms with van der Waals surface area (Å²) in [7, 11) is 0. The van der Waals surface area contributed by atoms with Crippen LogP contribution in [0.3, 0.4) is 0 Å². The van der Waals surface area contributed by atoms with Crippen molar-refractivity contribution in [1.82, 2.24) is 0 Å². The van der Waals surface area contributed by atoms with E-state index < -0.39 is 11.9 Å². The van der Waals surface area contributed by atoms with Gasteiger partial charge in [-0.2, -0.15) is 0 Å². The van der Waals surface area contributed by atoms with E-state index >= 15 is 0 Å². The van der Waals surface area contributed by atoms with Crippen molar-refractivity contribution in [1.29, 1.82) is 0 Å². The monoisotopic (exact) mass is 343 g/mol. The van der Waals surface area contributed by atoms with Crippen LogP contribution in [0.25, 0.3) is 0 Å². The van der Waals surface area contributed by atoms with Gasteiger partial charge < -0.3 is 16.4 Å². The maximum Gasteiger partial charge on any atom is 0.244 e. The molecule has 0 aromatic heterocycles. The number of aryl methyl sites for hydroxylation is 1. The number of carbonyl (C=O) groups is 2. The van der Waals surface area contributed by atoms with E-state index in [0.717, 1.165) is 23.2 Å². The van der Waals surface area contributed by atoms with Gasteiger partial charge in [-0.15, -0.1) is 0 Å². The van der Waals surface area contributed by atoms with Gasteiger partial charge in [-0.25, -0.2) is 0 Å². The van der Waals surface area contributed by atoms with Crippen molar-refractivity contribution in [3.8, 4) is 0 Å². The Bertz CT molecular complexity index is 652. The third kappa shape index (κ3) is 4.03. The lowest BCUT2D eigenvalue weighted by Crippen LogP contribution is -2.46. The van der Waals surface area contributed by atoms with Crippen molar-refractivity contribution >= 4 is 17.5 Å². The van der Waals surface area contributed by atoms with E-state index in [1.54, 1.807) is 0 Å². The van der Waals surface area contributed by atoms with Crippen LogP contribution >= 0.6 is 0 Å². The molecule has 1 aliphatic carbocycles. The van der Waals surface area contributed by atoms with Crippen LogP contribution < -0.4 is 16.4 Å². The number of nitrogens with two attached hydrogens (primary N) is 2. The van der Waals surface area contributed by atoms with Crippen LogP contribution in [0.4, 0.5) is 5.69 Å². The normalized spacial score (nSPS) is 24.7. The van der Waals surface area contributed by atoms with Crippen molar-refractivity contribution in [3.05, 3.63) is 29.3 Å². The fraction of sp³-hybridized carbons (Fsp3) is 0.600. The third-order valence-corrected chi connectivity index (χ3v) is 5.69. The maximum absolute atomic E-state index is 12.8. The topological polar surface area (TPSA) is 89.4 Å². The fourth-order valence-electron chi connectivity index (χ4n) is 4.45. The maximum atomic E-state index is 12.8. The molecule has 0 saturated heterocycles. The van der Waals surface area contributed by atoms with E-state index in [-0.39, 0.29) is 18.4 Å². The van der Waals surface area contributed by atoms with Gasteiger partial charge in [0.05, 0.1) is 6.04 Å². The highest BCUT2D eigenvalue weighted by atomic mass is 16.2. The lowest BCUT2D eigenvalue weighted by atomic mass is 9.78. The van der Waals surface area contributed by atoms with Crippen LogP contribution in [-0.4, -0.2) is 24.4 Å². The highest BCUT2D eigenvalue weighted by Gasteiger charge is 2.34. The number of carbonyl (C=O) groups excluding carboxylic acids is 2. The SMILES string of the molecule is Cc1ccc2c(c1)N(CC(N)=O)C(=O)C(N)CC2CC1CCCCC1. The quantitative estimate of drug-likeness (QED) is 0.880. The summed E-state index contributed by atoms with van der Waals surface area (Å²) < 4.78 is 0. The Morgan fingerprint density at radius 1 is 1.24 bits per heavy atom. The van der Waals surface area contributed by atoms with E-state index in [0.29, 0.717) is 12.3 Å². The smallest absolute Gasteiger partial charge is 0.244 e. The summed E-state index contributed by atoms with van der Waals surface area (Å²) in [6, 6.07) is 5.59. The van der Waals surface area contributed by atoms with E-state index in [4.69, 9.17) is 11.5 Å². The number of nitrogens with zero attached hydrogens (tertiary/aromatic N) is 1. The molecule has 4 N–H and O–H groups in total. The summed E-state index contributed by atoms with van der Waals surface area (Å²) in [5, 5.41) is 0. The lowest BCUT2D eigenvalue weighted by Gasteiger charge is -2.28. The molecular formula is C20H29N3O2. The molecule has 25 heavy (non-hydrogen) atoms. The first-order chi connectivity index (χ1) is 12.0. The number of hydrogen-bond donors (Lipinski definition) is 2. The van der Waals surface area contributed by atoms with Crippen molar-refractivity contribution in [2.45, 2.75) is 63.8 Å². The summed E-state index contributed by atoms with van der Waals surface area (Å²) in [4.78, 5) is 25.8. The van der Waals surface area contributed by atoms with E-state index in [1.165, 1.54) is 37.0 Å². The lowest BCUT2D eigenvalue weighted by molar-refractivity contribution is -0.123. The third-order valence-electron chi connectivity index (χ3n) is 5.69. The van der Waals surface area contributed by atoms with Gasteiger partial charge in [0.25, 0.3) is 0 Å². The minimum absolute atomic E-state index is 0.112. The number of fused-ring (bicyclic) bond motifs is 1. The molecule has 3 rings (SSSR count). The average molecular weight is 343 g/mol. The first-order valence-corrected chi connectivity index (χ1v) is 9.41. The van der Waals surface area contributed by atoms with Gasteiger partial charge in [0.1, 0.15) is 6.54 Å². The predicted molar refractivity (Wildman–Crippen MR) is 99.3 cm³/mol. The minimum Gasteiger partial charge on any atom is -0.368 e. The van der Waals surface area contributed by atoms with E-state index in [1.807, 2.05) is 13.0 Å². The first-order valence-electron chi connectivity index (χ1n) is 9.41.